The highest BCUT2D eigenvalue weighted by molar-refractivity contribution is 8.00. The van der Waals surface area contributed by atoms with Gasteiger partial charge in [0, 0.05) is 19.3 Å². The first-order valence-corrected chi connectivity index (χ1v) is 10.3. The fourth-order valence-corrected chi connectivity index (χ4v) is 3.76. The van der Waals surface area contributed by atoms with E-state index < -0.39 is 5.82 Å². The first-order chi connectivity index (χ1) is 14.5. The van der Waals surface area contributed by atoms with Crippen molar-refractivity contribution in [2.75, 3.05) is 11.9 Å². The van der Waals surface area contributed by atoms with E-state index in [9.17, 15) is 9.18 Å². The zero-order valence-corrected chi connectivity index (χ0v) is 17.7. The highest BCUT2D eigenvalue weighted by Crippen LogP contribution is 2.26. The van der Waals surface area contributed by atoms with Crippen LogP contribution in [0.2, 0.25) is 0 Å². The first-order valence-electron chi connectivity index (χ1n) is 9.40. The molecule has 1 amide bonds. The van der Waals surface area contributed by atoms with Gasteiger partial charge in [-0.3, -0.25) is 9.36 Å². The van der Waals surface area contributed by atoms with E-state index in [0.717, 1.165) is 5.69 Å². The summed E-state index contributed by atoms with van der Waals surface area (Å²) in [5.41, 5.74) is 0.821. The summed E-state index contributed by atoms with van der Waals surface area (Å²) in [5, 5.41) is 8.56. The van der Waals surface area contributed by atoms with Crippen LogP contribution in [0.25, 0.3) is 0 Å². The lowest BCUT2D eigenvalue weighted by atomic mass is 10.3. The largest absolute Gasteiger partial charge is 0.483 e. The molecule has 0 aliphatic rings. The van der Waals surface area contributed by atoms with Crippen LogP contribution in [0.15, 0.2) is 72.4 Å². The number of aromatic nitrogens is 3. The standard InChI is InChI=1S/C22H23FN4O2S/c1-4-14-27-20(15-29-19-13-9-8-12-18(19)23)24-25-22(27)30-16(2)21(28)26(3)17-10-6-5-7-11-17/h4-13,16H,1,14-15H2,2-3H3. The highest BCUT2D eigenvalue weighted by Gasteiger charge is 2.23. The molecule has 0 N–H and O–H groups in total. The molecule has 0 aliphatic heterocycles. The van der Waals surface area contributed by atoms with Gasteiger partial charge in [-0.05, 0) is 31.2 Å². The van der Waals surface area contributed by atoms with Crippen LogP contribution in [0.3, 0.4) is 0 Å². The van der Waals surface area contributed by atoms with E-state index in [1.54, 1.807) is 36.2 Å². The number of halogens is 1. The second kappa shape index (κ2) is 10.1. The Labute approximate surface area is 179 Å². The molecule has 3 rings (SSSR count). The summed E-state index contributed by atoms with van der Waals surface area (Å²) < 4.78 is 21.2. The maximum absolute atomic E-state index is 13.8. The van der Waals surface area contributed by atoms with Crippen LogP contribution >= 0.6 is 11.8 Å². The number of anilines is 1. The quantitative estimate of drug-likeness (QED) is 0.377. The molecule has 1 heterocycles. The predicted molar refractivity (Wildman–Crippen MR) is 116 cm³/mol. The van der Waals surface area contributed by atoms with Gasteiger partial charge in [-0.15, -0.1) is 16.8 Å². The number of carbonyl (C=O) groups excluding carboxylic acids is 1. The summed E-state index contributed by atoms with van der Waals surface area (Å²) in [6.07, 6.45) is 1.71. The van der Waals surface area contributed by atoms with E-state index in [1.807, 2.05) is 41.8 Å². The van der Waals surface area contributed by atoms with E-state index in [-0.39, 0.29) is 23.5 Å². The Morgan fingerprint density at radius 1 is 1.23 bits per heavy atom. The van der Waals surface area contributed by atoms with Crippen LogP contribution in [-0.2, 0) is 17.9 Å². The number of hydrogen-bond acceptors (Lipinski definition) is 5. The van der Waals surface area contributed by atoms with E-state index in [4.69, 9.17) is 4.74 Å². The lowest BCUT2D eigenvalue weighted by molar-refractivity contribution is -0.117. The smallest absolute Gasteiger partial charge is 0.240 e. The Bertz CT molecular complexity index is 1010. The molecule has 0 radical (unpaired) electrons. The second-order valence-corrected chi connectivity index (χ2v) is 7.82. The zero-order chi connectivity index (χ0) is 21.5. The van der Waals surface area contributed by atoms with Gasteiger partial charge < -0.3 is 9.64 Å². The molecule has 0 bridgehead atoms. The van der Waals surface area contributed by atoms with E-state index in [2.05, 4.69) is 16.8 Å². The normalized spacial score (nSPS) is 11.7. The van der Waals surface area contributed by atoms with Crippen molar-refractivity contribution in [1.82, 2.24) is 14.8 Å². The van der Waals surface area contributed by atoms with Crippen molar-refractivity contribution < 1.29 is 13.9 Å². The topological polar surface area (TPSA) is 60.2 Å². The molecular formula is C22H23FN4O2S. The number of thioether (sulfide) groups is 1. The van der Waals surface area contributed by atoms with Crippen LogP contribution in [0.4, 0.5) is 10.1 Å². The maximum atomic E-state index is 13.8. The van der Waals surface area contributed by atoms with Crippen molar-refractivity contribution >= 4 is 23.4 Å². The number of rotatable bonds is 9. The third-order valence-electron chi connectivity index (χ3n) is 4.40. The van der Waals surface area contributed by atoms with E-state index in [0.29, 0.717) is 17.5 Å². The lowest BCUT2D eigenvalue weighted by Crippen LogP contribution is -2.33. The zero-order valence-electron chi connectivity index (χ0n) is 16.9. The summed E-state index contributed by atoms with van der Waals surface area (Å²) in [5.74, 6) is 0.179. The maximum Gasteiger partial charge on any atom is 0.240 e. The summed E-state index contributed by atoms with van der Waals surface area (Å²) in [6, 6.07) is 15.6. The number of hydrogen-bond donors (Lipinski definition) is 0. The van der Waals surface area contributed by atoms with Gasteiger partial charge >= 0.3 is 0 Å². The van der Waals surface area contributed by atoms with Crippen LogP contribution in [0, 0.1) is 5.82 Å². The third-order valence-corrected chi connectivity index (χ3v) is 5.47. The number of amides is 1. The number of para-hydroxylation sites is 2. The Morgan fingerprint density at radius 3 is 2.63 bits per heavy atom. The van der Waals surface area contributed by atoms with Gasteiger partial charge in [0.1, 0.15) is 6.61 Å². The van der Waals surface area contributed by atoms with Crippen molar-refractivity contribution in [2.45, 2.75) is 30.5 Å². The van der Waals surface area contributed by atoms with Gasteiger partial charge in [-0.1, -0.05) is 48.2 Å². The molecule has 1 atom stereocenters. The molecule has 3 aromatic rings. The minimum Gasteiger partial charge on any atom is -0.483 e. The fraction of sp³-hybridized carbons (Fsp3) is 0.227. The fourth-order valence-electron chi connectivity index (χ4n) is 2.79. The Kier molecular flexibility index (Phi) is 7.24. The molecule has 30 heavy (non-hydrogen) atoms. The molecule has 0 saturated heterocycles. The molecule has 2 aromatic carbocycles. The molecule has 1 aromatic heterocycles. The average Bonchev–Trinajstić information content (AvgIpc) is 3.14. The number of ether oxygens (including phenoxy) is 1. The van der Waals surface area contributed by atoms with E-state index in [1.165, 1.54) is 17.8 Å². The summed E-state index contributed by atoms with van der Waals surface area (Å²) >= 11 is 1.31. The Morgan fingerprint density at radius 2 is 1.93 bits per heavy atom. The van der Waals surface area contributed by atoms with Gasteiger partial charge in [-0.25, -0.2) is 4.39 Å². The molecule has 6 nitrogen and oxygen atoms in total. The molecule has 8 heteroatoms. The number of benzene rings is 2. The monoisotopic (exact) mass is 426 g/mol. The van der Waals surface area contributed by atoms with Crippen molar-refractivity contribution in [1.29, 1.82) is 0 Å². The SMILES string of the molecule is C=CCn1c(COc2ccccc2F)nnc1SC(C)C(=O)N(C)c1ccccc1. The molecule has 0 spiro atoms. The van der Waals surface area contributed by atoms with E-state index >= 15 is 0 Å². The predicted octanol–water partition coefficient (Wildman–Crippen LogP) is 4.33. The average molecular weight is 427 g/mol. The minimum absolute atomic E-state index is 0.0502. The second-order valence-electron chi connectivity index (χ2n) is 6.51. The molecule has 0 saturated carbocycles. The lowest BCUT2D eigenvalue weighted by Gasteiger charge is -2.21. The minimum atomic E-state index is -0.440. The summed E-state index contributed by atoms with van der Waals surface area (Å²) in [4.78, 5) is 14.5. The van der Waals surface area contributed by atoms with Crippen LogP contribution in [0.1, 0.15) is 12.7 Å². The van der Waals surface area contributed by atoms with Crippen LogP contribution in [-0.4, -0.2) is 33.0 Å². The Balaban J connectivity index is 1.71. The molecule has 0 fully saturated rings. The van der Waals surface area contributed by atoms with Crippen molar-refractivity contribution in [3.8, 4) is 5.75 Å². The van der Waals surface area contributed by atoms with Gasteiger partial charge in [-0.2, -0.15) is 0 Å². The first kappa shape index (κ1) is 21.6. The molecule has 156 valence electrons. The third kappa shape index (κ3) is 5.07. The molecule has 0 aliphatic carbocycles. The number of allylic oxidation sites excluding steroid dienone is 1. The number of nitrogens with zero attached hydrogens (tertiary/aromatic N) is 4. The summed E-state index contributed by atoms with van der Waals surface area (Å²) in [7, 11) is 1.75. The van der Waals surface area contributed by atoms with Crippen molar-refractivity contribution in [3.63, 3.8) is 0 Å². The van der Waals surface area contributed by atoms with Crippen LogP contribution < -0.4 is 9.64 Å². The highest BCUT2D eigenvalue weighted by atomic mass is 32.2. The van der Waals surface area contributed by atoms with Gasteiger partial charge in [0.25, 0.3) is 0 Å². The van der Waals surface area contributed by atoms with Gasteiger partial charge in [0.15, 0.2) is 22.5 Å². The Hall–Kier alpha value is -3.13. The van der Waals surface area contributed by atoms with Gasteiger partial charge in [0.2, 0.25) is 5.91 Å². The number of carbonyl (C=O) groups is 1. The molecular weight excluding hydrogens is 403 g/mol. The molecule has 1 unspecified atom stereocenters. The summed E-state index contributed by atoms with van der Waals surface area (Å²) in [6.45, 7) is 6.09. The van der Waals surface area contributed by atoms with Crippen molar-refractivity contribution in [2.24, 2.45) is 0 Å². The van der Waals surface area contributed by atoms with Crippen LogP contribution in [0.5, 0.6) is 5.75 Å². The van der Waals surface area contributed by atoms with Gasteiger partial charge in [0.05, 0.1) is 5.25 Å². The van der Waals surface area contributed by atoms with Crippen molar-refractivity contribution in [3.05, 3.63) is 78.9 Å².